The first kappa shape index (κ1) is 17.7. The zero-order valence-electron chi connectivity index (χ0n) is 15.0. The van der Waals surface area contributed by atoms with Gasteiger partial charge in [0.1, 0.15) is 0 Å². The van der Waals surface area contributed by atoms with E-state index in [1.54, 1.807) is 0 Å². The minimum absolute atomic E-state index is 0.116. The number of anilines is 1. The predicted molar refractivity (Wildman–Crippen MR) is 108 cm³/mol. The second-order valence-electron chi connectivity index (χ2n) is 6.26. The summed E-state index contributed by atoms with van der Waals surface area (Å²) < 4.78 is 0. The zero-order chi connectivity index (χ0) is 18.2. The monoisotopic (exact) mass is 344 g/mol. The number of nitrogens with one attached hydrogen (secondary N) is 2. The number of aryl methyl sites for hydroxylation is 1. The molecule has 3 nitrogen and oxygen atoms in total. The molecule has 0 aliphatic heterocycles. The molecule has 0 atom stereocenters. The van der Waals surface area contributed by atoms with Crippen molar-refractivity contribution in [2.24, 2.45) is 0 Å². The Labute approximate surface area is 155 Å². The van der Waals surface area contributed by atoms with Crippen LogP contribution in [0.1, 0.15) is 29.5 Å². The second-order valence-corrected chi connectivity index (χ2v) is 6.26. The summed E-state index contributed by atoms with van der Waals surface area (Å²) in [5.41, 5.74) is 4.43. The van der Waals surface area contributed by atoms with Gasteiger partial charge in [-0.2, -0.15) is 0 Å². The molecule has 3 aromatic rings. The minimum atomic E-state index is -0.189. The van der Waals surface area contributed by atoms with Crippen molar-refractivity contribution in [1.82, 2.24) is 5.32 Å². The van der Waals surface area contributed by atoms with Crippen LogP contribution < -0.4 is 10.6 Å². The van der Waals surface area contributed by atoms with Crippen LogP contribution in [0, 0.1) is 0 Å². The van der Waals surface area contributed by atoms with Gasteiger partial charge in [0.25, 0.3) is 0 Å². The van der Waals surface area contributed by atoms with Crippen molar-refractivity contribution >= 4 is 11.7 Å². The maximum absolute atomic E-state index is 12.3. The average molecular weight is 344 g/mol. The Balaban J connectivity index is 1.66. The minimum Gasteiger partial charge on any atom is -0.337 e. The van der Waals surface area contributed by atoms with E-state index in [2.05, 4.69) is 41.8 Å². The molecule has 0 saturated heterocycles. The van der Waals surface area contributed by atoms with Gasteiger partial charge in [0.15, 0.2) is 0 Å². The van der Waals surface area contributed by atoms with Crippen LogP contribution in [0.5, 0.6) is 0 Å². The first-order chi connectivity index (χ1) is 12.8. The lowest BCUT2D eigenvalue weighted by Crippen LogP contribution is -2.32. The van der Waals surface area contributed by atoms with Gasteiger partial charge in [0.05, 0.1) is 0 Å². The second kappa shape index (κ2) is 8.86. The Morgan fingerprint density at radius 1 is 0.808 bits per heavy atom. The molecule has 0 spiro atoms. The Kier molecular flexibility index (Phi) is 6.05. The van der Waals surface area contributed by atoms with E-state index < -0.39 is 0 Å². The van der Waals surface area contributed by atoms with Gasteiger partial charge in [-0.3, -0.25) is 0 Å². The molecule has 0 aliphatic carbocycles. The molecule has 0 radical (unpaired) electrons. The predicted octanol–water partition coefficient (Wildman–Crippen LogP) is 5.20. The third kappa shape index (κ3) is 4.73. The fourth-order valence-corrected chi connectivity index (χ4v) is 2.99. The molecule has 3 rings (SSSR count). The maximum Gasteiger partial charge on any atom is 0.319 e. The van der Waals surface area contributed by atoms with Crippen molar-refractivity contribution in [3.63, 3.8) is 0 Å². The topological polar surface area (TPSA) is 41.1 Å². The number of amides is 2. The largest absolute Gasteiger partial charge is 0.337 e. The van der Waals surface area contributed by atoms with Gasteiger partial charge in [-0.15, -0.1) is 0 Å². The van der Waals surface area contributed by atoms with Crippen LogP contribution in [-0.2, 0) is 6.42 Å². The number of hydrogen-bond acceptors (Lipinski definition) is 1. The van der Waals surface area contributed by atoms with Crippen LogP contribution in [0.2, 0.25) is 0 Å². The molecule has 3 aromatic carbocycles. The molecule has 3 heteroatoms. The van der Waals surface area contributed by atoms with E-state index in [-0.39, 0.29) is 11.9 Å². The third-order valence-electron chi connectivity index (χ3n) is 4.49. The van der Waals surface area contributed by atoms with Gasteiger partial charge in [0.2, 0.25) is 0 Å². The molecule has 0 heterocycles. The van der Waals surface area contributed by atoms with Gasteiger partial charge in [-0.05, 0) is 35.2 Å². The van der Waals surface area contributed by atoms with Crippen molar-refractivity contribution in [2.45, 2.75) is 19.3 Å². The fourth-order valence-electron chi connectivity index (χ4n) is 2.99. The maximum atomic E-state index is 12.3. The summed E-state index contributed by atoms with van der Waals surface area (Å²) in [6, 6.07) is 28.3. The van der Waals surface area contributed by atoms with Crippen LogP contribution in [0.15, 0.2) is 84.9 Å². The van der Waals surface area contributed by atoms with E-state index in [1.165, 1.54) is 16.7 Å². The Morgan fingerprint density at radius 3 is 1.85 bits per heavy atom. The molecule has 2 amide bonds. The smallest absolute Gasteiger partial charge is 0.319 e. The quantitative estimate of drug-likeness (QED) is 0.634. The zero-order valence-corrected chi connectivity index (χ0v) is 15.0. The lowest BCUT2D eigenvalue weighted by Gasteiger charge is -2.19. The number of carbonyl (C=O) groups excluding carboxylic acids is 1. The highest BCUT2D eigenvalue weighted by Gasteiger charge is 2.15. The Morgan fingerprint density at radius 2 is 1.35 bits per heavy atom. The molecule has 0 unspecified atom stereocenters. The highest BCUT2D eigenvalue weighted by molar-refractivity contribution is 5.89. The summed E-state index contributed by atoms with van der Waals surface area (Å²) in [6.45, 7) is 2.65. The van der Waals surface area contributed by atoms with E-state index in [0.717, 1.165) is 12.1 Å². The number of carbonyl (C=O) groups is 1. The van der Waals surface area contributed by atoms with Crippen LogP contribution in [-0.4, -0.2) is 12.6 Å². The molecular formula is C23H24N2O. The molecule has 0 aromatic heterocycles. The van der Waals surface area contributed by atoms with Gasteiger partial charge in [0, 0.05) is 18.2 Å². The normalized spacial score (nSPS) is 10.5. The Bertz CT molecular complexity index is 774. The summed E-state index contributed by atoms with van der Waals surface area (Å²) >= 11 is 0. The van der Waals surface area contributed by atoms with Crippen LogP contribution in [0.25, 0.3) is 0 Å². The highest BCUT2D eigenvalue weighted by Crippen LogP contribution is 2.23. The fraction of sp³-hybridized carbons (Fsp3) is 0.174. The van der Waals surface area contributed by atoms with Crippen LogP contribution in [0.4, 0.5) is 10.5 Å². The SMILES string of the molecule is CCc1ccc(NC(=O)NCC(c2ccccc2)c2ccccc2)cc1. The van der Waals surface area contributed by atoms with Crippen LogP contribution >= 0.6 is 0 Å². The van der Waals surface area contributed by atoms with E-state index in [4.69, 9.17) is 0 Å². The molecule has 0 fully saturated rings. The van der Waals surface area contributed by atoms with Crippen molar-refractivity contribution < 1.29 is 4.79 Å². The lowest BCUT2D eigenvalue weighted by atomic mass is 9.91. The lowest BCUT2D eigenvalue weighted by molar-refractivity contribution is 0.252. The van der Waals surface area contributed by atoms with Gasteiger partial charge in [-0.25, -0.2) is 4.79 Å². The van der Waals surface area contributed by atoms with Gasteiger partial charge < -0.3 is 10.6 Å². The highest BCUT2D eigenvalue weighted by atomic mass is 16.2. The molecule has 2 N–H and O–H groups in total. The van der Waals surface area contributed by atoms with Gasteiger partial charge in [-0.1, -0.05) is 79.7 Å². The summed E-state index contributed by atoms with van der Waals surface area (Å²) in [7, 11) is 0. The van der Waals surface area contributed by atoms with E-state index in [9.17, 15) is 4.79 Å². The third-order valence-corrected chi connectivity index (χ3v) is 4.49. The van der Waals surface area contributed by atoms with E-state index >= 15 is 0 Å². The number of rotatable bonds is 6. The first-order valence-electron chi connectivity index (χ1n) is 9.00. The summed E-state index contributed by atoms with van der Waals surface area (Å²) in [5, 5.41) is 5.91. The van der Waals surface area contributed by atoms with Crippen molar-refractivity contribution in [2.75, 3.05) is 11.9 Å². The first-order valence-corrected chi connectivity index (χ1v) is 9.00. The number of hydrogen-bond donors (Lipinski definition) is 2. The van der Waals surface area contributed by atoms with Gasteiger partial charge >= 0.3 is 6.03 Å². The summed E-state index contributed by atoms with van der Waals surface area (Å²) in [6.07, 6.45) is 0.988. The molecule has 0 bridgehead atoms. The molecule has 0 aliphatic rings. The van der Waals surface area contributed by atoms with Crippen molar-refractivity contribution in [3.8, 4) is 0 Å². The molecule has 132 valence electrons. The van der Waals surface area contributed by atoms with E-state index in [1.807, 2.05) is 60.7 Å². The average Bonchev–Trinajstić information content (AvgIpc) is 2.70. The number of benzene rings is 3. The summed E-state index contributed by atoms with van der Waals surface area (Å²) in [5.74, 6) is 0.116. The number of urea groups is 1. The Hall–Kier alpha value is -3.07. The molecule has 0 saturated carbocycles. The molecule has 26 heavy (non-hydrogen) atoms. The van der Waals surface area contributed by atoms with E-state index in [0.29, 0.717) is 6.54 Å². The van der Waals surface area contributed by atoms with Crippen molar-refractivity contribution in [3.05, 3.63) is 102 Å². The van der Waals surface area contributed by atoms with Crippen molar-refractivity contribution in [1.29, 1.82) is 0 Å². The summed E-state index contributed by atoms with van der Waals surface area (Å²) in [4.78, 5) is 12.3. The standard InChI is InChI=1S/C23H24N2O/c1-2-18-13-15-21(16-14-18)25-23(26)24-17-22(19-9-5-3-6-10-19)20-11-7-4-8-12-20/h3-16,22H,2,17H2,1H3,(H2,24,25,26). The molecular weight excluding hydrogens is 320 g/mol. The van der Waals surface area contributed by atoms with Crippen LogP contribution in [0.3, 0.4) is 0 Å².